The van der Waals surface area contributed by atoms with Crippen molar-refractivity contribution < 1.29 is 4.74 Å². The Labute approximate surface area is 119 Å². The molecule has 98 valence electrons. The third-order valence-electron chi connectivity index (χ3n) is 2.59. The minimum atomic E-state index is 0.304. The van der Waals surface area contributed by atoms with Crippen LogP contribution in [0, 0.1) is 0 Å². The molecule has 0 aromatic heterocycles. The highest BCUT2D eigenvalue weighted by Gasteiger charge is 1.93. The van der Waals surface area contributed by atoms with Gasteiger partial charge in [-0.15, -0.1) is 0 Å². The molecule has 0 aliphatic rings. The van der Waals surface area contributed by atoms with Crippen molar-refractivity contribution in [2.24, 2.45) is 0 Å². The van der Waals surface area contributed by atoms with Crippen molar-refractivity contribution >= 4 is 23.2 Å². The Kier molecular flexibility index (Phi) is 6.92. The molecule has 1 aromatic carbocycles. The summed E-state index contributed by atoms with van der Waals surface area (Å²) in [7, 11) is 0. The maximum atomic E-state index is 5.62. The molecule has 3 heteroatoms. The van der Waals surface area contributed by atoms with Crippen molar-refractivity contribution in [3.05, 3.63) is 52.0 Å². The van der Waals surface area contributed by atoms with Crippen LogP contribution in [0.5, 0.6) is 5.75 Å². The van der Waals surface area contributed by atoms with Gasteiger partial charge in [-0.2, -0.15) is 0 Å². The Bertz CT molecular complexity index is 415. The molecule has 0 fully saturated rings. The number of benzene rings is 1. The Morgan fingerprint density at radius 3 is 2.39 bits per heavy atom. The second-order valence-electron chi connectivity index (χ2n) is 4.06. The molecule has 0 aliphatic heterocycles. The van der Waals surface area contributed by atoms with E-state index in [4.69, 9.17) is 27.9 Å². The van der Waals surface area contributed by atoms with Gasteiger partial charge < -0.3 is 4.74 Å². The highest BCUT2D eigenvalue weighted by Crippen LogP contribution is 2.14. The minimum Gasteiger partial charge on any atom is -0.490 e. The van der Waals surface area contributed by atoms with Crippen LogP contribution >= 0.6 is 23.2 Å². The molecule has 0 atom stereocenters. The minimum absolute atomic E-state index is 0.304. The monoisotopic (exact) mass is 284 g/mol. The lowest BCUT2D eigenvalue weighted by molar-refractivity contribution is 0.361. The third-order valence-corrected chi connectivity index (χ3v) is 2.90. The molecule has 18 heavy (non-hydrogen) atoms. The lowest BCUT2D eigenvalue weighted by atomic mass is 10.2. The third kappa shape index (κ3) is 6.13. The van der Waals surface area contributed by atoms with E-state index >= 15 is 0 Å². The molecule has 0 heterocycles. The molecular formula is C15H18Cl2O. The van der Waals surface area contributed by atoms with Crippen molar-refractivity contribution in [1.29, 1.82) is 0 Å². The summed E-state index contributed by atoms with van der Waals surface area (Å²) in [6.45, 7) is 4.72. The maximum absolute atomic E-state index is 5.62. The number of aryl methyl sites for hydroxylation is 1. The van der Waals surface area contributed by atoms with E-state index < -0.39 is 0 Å². The van der Waals surface area contributed by atoms with Crippen molar-refractivity contribution in [3.63, 3.8) is 0 Å². The fourth-order valence-electron chi connectivity index (χ4n) is 1.42. The van der Waals surface area contributed by atoms with Crippen LogP contribution in [0.15, 0.2) is 46.5 Å². The topological polar surface area (TPSA) is 9.23 Å². The summed E-state index contributed by atoms with van der Waals surface area (Å²) < 4.78 is 5.92. The van der Waals surface area contributed by atoms with Crippen LogP contribution in [-0.4, -0.2) is 6.61 Å². The highest BCUT2D eigenvalue weighted by atomic mass is 35.5. The van der Waals surface area contributed by atoms with Crippen LogP contribution < -0.4 is 4.74 Å². The number of hydrogen-bond donors (Lipinski definition) is 0. The van der Waals surface area contributed by atoms with Gasteiger partial charge in [0.05, 0.1) is 0 Å². The van der Waals surface area contributed by atoms with Gasteiger partial charge in [-0.25, -0.2) is 0 Å². The smallest absolute Gasteiger partial charge is 0.119 e. The van der Waals surface area contributed by atoms with Crippen molar-refractivity contribution in [2.45, 2.75) is 26.7 Å². The van der Waals surface area contributed by atoms with E-state index in [1.807, 2.05) is 25.1 Å². The Morgan fingerprint density at radius 1 is 1.17 bits per heavy atom. The van der Waals surface area contributed by atoms with Crippen molar-refractivity contribution in [2.75, 3.05) is 6.61 Å². The van der Waals surface area contributed by atoms with E-state index in [2.05, 4.69) is 19.1 Å². The van der Waals surface area contributed by atoms with Crippen LogP contribution in [-0.2, 0) is 6.42 Å². The summed E-state index contributed by atoms with van der Waals surface area (Å²) in [4.78, 5) is 0. The van der Waals surface area contributed by atoms with E-state index in [1.54, 1.807) is 6.08 Å². The standard InChI is InChI=1S/C15H18Cl2O/c1-3-13-5-7-14(8-6-13)18-11-10-12(2)4-9-15(16)17/h5-10H,3-4,11H2,1-2H3. The lowest BCUT2D eigenvalue weighted by Gasteiger charge is -2.05. The fourth-order valence-corrected chi connectivity index (χ4v) is 1.58. The Hall–Kier alpha value is -0.920. The fraction of sp³-hybridized carbons (Fsp3) is 0.333. The van der Waals surface area contributed by atoms with Crippen LogP contribution in [0.25, 0.3) is 0 Å². The zero-order chi connectivity index (χ0) is 13.4. The molecule has 1 aromatic rings. The van der Waals surface area contributed by atoms with E-state index in [0.717, 1.165) is 18.6 Å². The Morgan fingerprint density at radius 2 is 1.83 bits per heavy atom. The van der Waals surface area contributed by atoms with Crippen molar-refractivity contribution in [3.8, 4) is 5.75 Å². The molecule has 0 saturated heterocycles. The van der Waals surface area contributed by atoms with Crippen LogP contribution in [0.1, 0.15) is 25.8 Å². The van der Waals surface area contributed by atoms with Crippen molar-refractivity contribution in [1.82, 2.24) is 0 Å². The van der Waals surface area contributed by atoms with Gasteiger partial charge in [0.2, 0.25) is 0 Å². The SMILES string of the molecule is CCc1ccc(OCC=C(C)CC=C(Cl)Cl)cc1. The second kappa shape index (κ2) is 8.23. The zero-order valence-electron chi connectivity index (χ0n) is 10.7. The number of hydrogen-bond acceptors (Lipinski definition) is 1. The normalized spacial score (nSPS) is 11.2. The number of rotatable bonds is 6. The molecule has 0 radical (unpaired) electrons. The molecule has 1 nitrogen and oxygen atoms in total. The summed E-state index contributed by atoms with van der Waals surface area (Å²) in [6, 6.07) is 8.17. The van der Waals surface area contributed by atoms with Gasteiger partial charge in [-0.1, -0.05) is 53.9 Å². The molecule has 0 amide bonds. The molecule has 0 bridgehead atoms. The first-order valence-corrected chi connectivity index (χ1v) is 6.76. The van der Waals surface area contributed by atoms with E-state index in [0.29, 0.717) is 11.1 Å². The molecule has 1 rings (SSSR count). The molecule has 0 spiro atoms. The predicted molar refractivity (Wildman–Crippen MR) is 79.5 cm³/mol. The van der Waals surface area contributed by atoms with Gasteiger partial charge in [0.25, 0.3) is 0 Å². The van der Waals surface area contributed by atoms with Gasteiger partial charge in [0.1, 0.15) is 16.8 Å². The van der Waals surface area contributed by atoms with E-state index in [-0.39, 0.29) is 0 Å². The van der Waals surface area contributed by atoms with Gasteiger partial charge in [-0.05, 0) is 43.5 Å². The second-order valence-corrected chi connectivity index (χ2v) is 5.06. The molecular weight excluding hydrogens is 267 g/mol. The number of halogens is 2. The van der Waals surface area contributed by atoms with Gasteiger partial charge in [0, 0.05) is 0 Å². The molecule has 0 N–H and O–H groups in total. The first kappa shape index (κ1) is 15.1. The molecule has 0 saturated carbocycles. The number of allylic oxidation sites excluding steroid dienone is 2. The summed E-state index contributed by atoms with van der Waals surface area (Å²) >= 11 is 11.1. The van der Waals surface area contributed by atoms with E-state index in [1.165, 1.54) is 11.1 Å². The van der Waals surface area contributed by atoms with E-state index in [9.17, 15) is 0 Å². The predicted octanol–water partition coefficient (Wildman–Crippen LogP) is 5.28. The summed E-state index contributed by atoms with van der Waals surface area (Å²) in [6.07, 6.45) is 5.59. The molecule has 0 aliphatic carbocycles. The quantitative estimate of drug-likeness (QED) is 0.646. The summed E-state index contributed by atoms with van der Waals surface area (Å²) in [5.74, 6) is 0.891. The van der Waals surface area contributed by atoms with Crippen LogP contribution in [0.2, 0.25) is 0 Å². The number of ether oxygens (including phenoxy) is 1. The van der Waals surface area contributed by atoms with Crippen LogP contribution in [0.3, 0.4) is 0 Å². The summed E-state index contributed by atoms with van der Waals surface area (Å²) in [5, 5.41) is 0. The Balaban J connectivity index is 2.40. The largest absolute Gasteiger partial charge is 0.490 e. The zero-order valence-corrected chi connectivity index (χ0v) is 12.3. The van der Waals surface area contributed by atoms with Gasteiger partial charge in [0.15, 0.2) is 0 Å². The van der Waals surface area contributed by atoms with Gasteiger partial charge in [-0.3, -0.25) is 0 Å². The molecule has 0 unspecified atom stereocenters. The van der Waals surface area contributed by atoms with Gasteiger partial charge >= 0.3 is 0 Å². The van der Waals surface area contributed by atoms with Crippen LogP contribution in [0.4, 0.5) is 0 Å². The average molecular weight is 285 g/mol. The lowest BCUT2D eigenvalue weighted by Crippen LogP contribution is -1.94. The highest BCUT2D eigenvalue weighted by molar-refractivity contribution is 6.55. The maximum Gasteiger partial charge on any atom is 0.119 e. The first-order chi connectivity index (χ1) is 8.61. The average Bonchev–Trinajstić information content (AvgIpc) is 2.37. The summed E-state index contributed by atoms with van der Waals surface area (Å²) in [5.41, 5.74) is 2.50. The first-order valence-electron chi connectivity index (χ1n) is 6.00.